The number of hydrogen-bond donors (Lipinski definition) is 1. The number of anilines is 1. The van der Waals surface area contributed by atoms with Gasteiger partial charge in [0.1, 0.15) is 5.82 Å². The Bertz CT molecular complexity index is 513. The van der Waals surface area contributed by atoms with Crippen molar-refractivity contribution < 1.29 is 0 Å². The van der Waals surface area contributed by atoms with Crippen LogP contribution in [0.15, 0.2) is 36.4 Å². The molecule has 0 radical (unpaired) electrons. The van der Waals surface area contributed by atoms with E-state index in [1.165, 1.54) is 0 Å². The molecule has 2 rings (SSSR count). The van der Waals surface area contributed by atoms with Gasteiger partial charge in [0.2, 0.25) is 0 Å². The Balaban J connectivity index is 2.54. The highest BCUT2D eigenvalue weighted by atomic mass is 14.9. The third-order valence-corrected chi connectivity index (χ3v) is 2.55. The first-order valence-electron chi connectivity index (χ1n) is 5.67. The van der Waals surface area contributed by atoms with Gasteiger partial charge in [-0.3, -0.25) is 0 Å². The summed E-state index contributed by atoms with van der Waals surface area (Å²) in [5.41, 5.74) is 7.77. The highest BCUT2D eigenvalue weighted by Crippen LogP contribution is 2.24. The lowest BCUT2D eigenvalue weighted by Crippen LogP contribution is -2.15. The predicted molar refractivity (Wildman–Crippen MR) is 70.6 cm³/mol. The van der Waals surface area contributed by atoms with E-state index in [0.717, 1.165) is 11.3 Å². The Labute approximate surface area is 102 Å². The van der Waals surface area contributed by atoms with Crippen molar-refractivity contribution in [2.24, 2.45) is 0 Å². The molecule has 0 amide bonds. The largest absolute Gasteiger partial charge is 0.384 e. The number of nitrogens with two attached hydrogens (primary N) is 1. The van der Waals surface area contributed by atoms with E-state index in [4.69, 9.17) is 5.73 Å². The molecule has 1 aromatic heterocycles. The lowest BCUT2D eigenvalue weighted by atomic mass is 9.92. The van der Waals surface area contributed by atoms with Crippen LogP contribution in [0.4, 0.5) is 5.82 Å². The summed E-state index contributed by atoms with van der Waals surface area (Å²) < 4.78 is 0. The van der Waals surface area contributed by atoms with Gasteiger partial charge in [0.05, 0.1) is 5.69 Å². The number of rotatable bonds is 1. The second-order valence-corrected chi connectivity index (χ2v) is 5.12. The molecule has 0 atom stereocenters. The highest BCUT2D eigenvalue weighted by molar-refractivity contribution is 5.57. The standard InChI is InChI=1S/C14H17N3/c1-14(2,3)11-9-12(15)17-13(16-11)10-7-5-4-6-8-10/h4-9H,1-3H3,(H2,15,16,17). The molecule has 3 heteroatoms. The second kappa shape index (κ2) is 4.17. The molecule has 2 N–H and O–H groups in total. The van der Waals surface area contributed by atoms with Crippen molar-refractivity contribution >= 4 is 5.82 Å². The SMILES string of the molecule is CC(C)(C)c1cc(N)nc(-c2ccccc2)n1. The number of aromatic nitrogens is 2. The summed E-state index contributed by atoms with van der Waals surface area (Å²) in [6.45, 7) is 6.34. The molecule has 0 unspecified atom stereocenters. The molecule has 0 aliphatic carbocycles. The van der Waals surface area contributed by atoms with Gasteiger partial charge in [0.15, 0.2) is 5.82 Å². The van der Waals surface area contributed by atoms with Gasteiger partial charge < -0.3 is 5.73 Å². The van der Waals surface area contributed by atoms with E-state index in [1.807, 2.05) is 36.4 Å². The summed E-state index contributed by atoms with van der Waals surface area (Å²) >= 11 is 0. The van der Waals surface area contributed by atoms with Gasteiger partial charge in [-0.25, -0.2) is 9.97 Å². The molecule has 3 nitrogen and oxygen atoms in total. The smallest absolute Gasteiger partial charge is 0.161 e. The number of nitrogens with zero attached hydrogens (tertiary/aromatic N) is 2. The molecule has 0 saturated carbocycles. The molecule has 0 aliphatic rings. The van der Waals surface area contributed by atoms with Crippen LogP contribution in [-0.2, 0) is 5.41 Å². The highest BCUT2D eigenvalue weighted by Gasteiger charge is 2.17. The van der Waals surface area contributed by atoms with Gasteiger partial charge in [-0.15, -0.1) is 0 Å². The summed E-state index contributed by atoms with van der Waals surface area (Å²) in [6, 6.07) is 11.7. The van der Waals surface area contributed by atoms with Crippen molar-refractivity contribution in [3.05, 3.63) is 42.1 Å². The Morgan fingerprint density at radius 3 is 2.24 bits per heavy atom. The average molecular weight is 227 g/mol. The van der Waals surface area contributed by atoms with Crippen LogP contribution in [0, 0.1) is 0 Å². The van der Waals surface area contributed by atoms with E-state index < -0.39 is 0 Å². The molecule has 2 aromatic rings. The first-order chi connectivity index (χ1) is 7.97. The Kier molecular flexibility index (Phi) is 2.84. The summed E-state index contributed by atoms with van der Waals surface area (Å²) in [5.74, 6) is 1.21. The van der Waals surface area contributed by atoms with Crippen molar-refractivity contribution in [1.82, 2.24) is 9.97 Å². The molecule has 0 aliphatic heterocycles. The minimum absolute atomic E-state index is 0.0272. The van der Waals surface area contributed by atoms with E-state index >= 15 is 0 Å². The minimum atomic E-state index is -0.0272. The quantitative estimate of drug-likeness (QED) is 0.814. The molecule has 88 valence electrons. The third kappa shape index (κ3) is 2.61. The Morgan fingerprint density at radius 1 is 1.00 bits per heavy atom. The molecular weight excluding hydrogens is 210 g/mol. The van der Waals surface area contributed by atoms with Crippen LogP contribution in [0.3, 0.4) is 0 Å². The van der Waals surface area contributed by atoms with Gasteiger partial charge in [0.25, 0.3) is 0 Å². The monoisotopic (exact) mass is 227 g/mol. The average Bonchev–Trinajstić information content (AvgIpc) is 2.28. The van der Waals surface area contributed by atoms with Gasteiger partial charge in [0, 0.05) is 17.0 Å². The van der Waals surface area contributed by atoms with Crippen LogP contribution in [0.2, 0.25) is 0 Å². The topological polar surface area (TPSA) is 51.8 Å². The number of hydrogen-bond acceptors (Lipinski definition) is 3. The van der Waals surface area contributed by atoms with Crippen LogP contribution in [0.1, 0.15) is 26.5 Å². The third-order valence-electron chi connectivity index (χ3n) is 2.55. The summed E-state index contributed by atoms with van der Waals surface area (Å²) in [4.78, 5) is 8.87. The van der Waals surface area contributed by atoms with E-state index in [-0.39, 0.29) is 5.41 Å². The van der Waals surface area contributed by atoms with Crippen molar-refractivity contribution in [1.29, 1.82) is 0 Å². The molecule has 17 heavy (non-hydrogen) atoms. The fourth-order valence-corrected chi connectivity index (χ4v) is 1.57. The van der Waals surface area contributed by atoms with Crippen molar-refractivity contribution in [2.75, 3.05) is 5.73 Å². The molecular formula is C14H17N3. The normalized spacial score (nSPS) is 11.5. The van der Waals surface area contributed by atoms with Crippen LogP contribution in [0.5, 0.6) is 0 Å². The van der Waals surface area contributed by atoms with Gasteiger partial charge in [-0.05, 0) is 0 Å². The fourth-order valence-electron chi connectivity index (χ4n) is 1.57. The first-order valence-corrected chi connectivity index (χ1v) is 5.67. The van der Waals surface area contributed by atoms with Gasteiger partial charge in [-0.1, -0.05) is 51.1 Å². The zero-order chi connectivity index (χ0) is 12.5. The molecule has 1 heterocycles. The first kappa shape index (κ1) is 11.6. The maximum absolute atomic E-state index is 5.84. The molecule has 0 spiro atoms. The van der Waals surface area contributed by atoms with Crippen LogP contribution in [0.25, 0.3) is 11.4 Å². The predicted octanol–water partition coefficient (Wildman–Crippen LogP) is 3.02. The van der Waals surface area contributed by atoms with Crippen LogP contribution in [-0.4, -0.2) is 9.97 Å². The zero-order valence-corrected chi connectivity index (χ0v) is 10.4. The van der Waals surface area contributed by atoms with E-state index in [1.54, 1.807) is 0 Å². The minimum Gasteiger partial charge on any atom is -0.384 e. The lowest BCUT2D eigenvalue weighted by molar-refractivity contribution is 0.568. The lowest BCUT2D eigenvalue weighted by Gasteiger charge is -2.18. The van der Waals surface area contributed by atoms with E-state index in [9.17, 15) is 0 Å². The second-order valence-electron chi connectivity index (χ2n) is 5.12. The molecule has 0 saturated heterocycles. The zero-order valence-electron chi connectivity index (χ0n) is 10.4. The van der Waals surface area contributed by atoms with Crippen molar-refractivity contribution in [3.63, 3.8) is 0 Å². The Hall–Kier alpha value is -1.90. The van der Waals surface area contributed by atoms with E-state index in [2.05, 4.69) is 30.7 Å². The van der Waals surface area contributed by atoms with Gasteiger partial charge in [-0.2, -0.15) is 0 Å². The van der Waals surface area contributed by atoms with Crippen LogP contribution < -0.4 is 5.73 Å². The van der Waals surface area contributed by atoms with E-state index in [0.29, 0.717) is 11.6 Å². The summed E-state index contributed by atoms with van der Waals surface area (Å²) in [5, 5.41) is 0. The van der Waals surface area contributed by atoms with Crippen molar-refractivity contribution in [2.45, 2.75) is 26.2 Å². The summed E-state index contributed by atoms with van der Waals surface area (Å²) in [6.07, 6.45) is 0. The van der Waals surface area contributed by atoms with Crippen molar-refractivity contribution in [3.8, 4) is 11.4 Å². The number of nitrogen functional groups attached to an aromatic ring is 1. The summed E-state index contributed by atoms with van der Waals surface area (Å²) in [7, 11) is 0. The maximum atomic E-state index is 5.84. The Morgan fingerprint density at radius 2 is 1.65 bits per heavy atom. The number of benzene rings is 1. The molecule has 1 aromatic carbocycles. The fraction of sp³-hybridized carbons (Fsp3) is 0.286. The van der Waals surface area contributed by atoms with Gasteiger partial charge >= 0.3 is 0 Å². The van der Waals surface area contributed by atoms with Crippen LogP contribution >= 0.6 is 0 Å². The maximum Gasteiger partial charge on any atom is 0.161 e. The molecule has 0 fully saturated rings. The molecule has 0 bridgehead atoms.